The molecule has 1 aliphatic rings. The summed E-state index contributed by atoms with van der Waals surface area (Å²) in [4.78, 5) is 38.0. The third-order valence-electron chi connectivity index (χ3n) is 4.12. The van der Waals surface area contributed by atoms with Gasteiger partial charge in [0.1, 0.15) is 11.3 Å². The Bertz CT molecular complexity index is 896. The normalized spacial score (nSPS) is 16.3. The Morgan fingerprint density at radius 1 is 0.962 bits per heavy atom. The molecule has 3 rings (SSSR count). The Morgan fingerprint density at radius 3 is 2.15 bits per heavy atom. The van der Waals surface area contributed by atoms with E-state index in [4.69, 9.17) is 0 Å². The average Bonchev–Trinajstić information content (AvgIpc) is 2.60. The van der Waals surface area contributed by atoms with E-state index in [0.717, 1.165) is 10.5 Å². The van der Waals surface area contributed by atoms with E-state index >= 15 is 0 Å². The smallest absolute Gasteiger partial charge is 0.335 e. The monoisotopic (exact) mass is 350 g/mol. The van der Waals surface area contributed by atoms with Crippen molar-refractivity contribution >= 4 is 29.6 Å². The van der Waals surface area contributed by atoms with Crippen LogP contribution >= 0.6 is 0 Å². The Kier molecular flexibility index (Phi) is 4.58. The molecule has 26 heavy (non-hydrogen) atoms. The summed E-state index contributed by atoms with van der Waals surface area (Å²) in [5.74, 6) is -1.04. The predicted molar refractivity (Wildman–Crippen MR) is 97.6 cm³/mol. The summed E-state index contributed by atoms with van der Waals surface area (Å²) in [5.41, 5.74) is 1.88. The van der Waals surface area contributed by atoms with Crippen molar-refractivity contribution in [1.82, 2.24) is 5.32 Å². The topological polar surface area (TPSA) is 86.7 Å². The lowest BCUT2D eigenvalue weighted by Gasteiger charge is -2.26. The maximum Gasteiger partial charge on any atom is 0.335 e. The van der Waals surface area contributed by atoms with Crippen molar-refractivity contribution in [3.63, 3.8) is 0 Å². The predicted octanol–water partition coefficient (Wildman–Crippen LogP) is 3.18. The van der Waals surface area contributed by atoms with Gasteiger partial charge in [-0.15, -0.1) is 0 Å². The molecule has 0 spiro atoms. The summed E-state index contributed by atoms with van der Waals surface area (Å²) < 4.78 is 0. The first-order chi connectivity index (χ1) is 12.4. The molecule has 0 aliphatic carbocycles. The average molecular weight is 350 g/mol. The molecule has 1 fully saturated rings. The van der Waals surface area contributed by atoms with Crippen molar-refractivity contribution in [3.05, 3.63) is 65.2 Å². The fraction of sp³-hybridized carbons (Fsp3) is 0.150. The number of benzene rings is 2. The summed E-state index contributed by atoms with van der Waals surface area (Å²) in [6.07, 6.45) is 1.39. The van der Waals surface area contributed by atoms with Crippen LogP contribution in [0.4, 0.5) is 10.5 Å². The quantitative estimate of drug-likeness (QED) is 0.657. The number of aromatic hydroxyl groups is 1. The number of carbonyl (C=O) groups is 3. The molecule has 0 unspecified atom stereocenters. The Balaban J connectivity index is 1.96. The SMILES string of the molecule is CC(C)c1ccc(N2C(=O)NC(=O)/C(=C\c3ccc(O)cc3)C2=O)cc1. The van der Waals surface area contributed by atoms with Crippen LogP contribution in [0.1, 0.15) is 30.9 Å². The van der Waals surface area contributed by atoms with E-state index in [9.17, 15) is 19.5 Å². The largest absolute Gasteiger partial charge is 0.508 e. The second kappa shape index (κ2) is 6.84. The zero-order valence-corrected chi connectivity index (χ0v) is 14.4. The second-order valence-corrected chi connectivity index (χ2v) is 6.30. The minimum atomic E-state index is -0.778. The number of amides is 4. The van der Waals surface area contributed by atoms with Crippen LogP contribution in [0.25, 0.3) is 6.08 Å². The van der Waals surface area contributed by atoms with E-state index in [0.29, 0.717) is 17.2 Å². The molecule has 0 aromatic heterocycles. The molecule has 132 valence electrons. The van der Waals surface area contributed by atoms with Crippen LogP contribution in [0.15, 0.2) is 54.1 Å². The van der Waals surface area contributed by atoms with Crippen LogP contribution in [0.5, 0.6) is 5.75 Å². The zero-order chi connectivity index (χ0) is 18.8. The molecule has 2 aromatic rings. The number of urea groups is 1. The van der Waals surface area contributed by atoms with Gasteiger partial charge in [0.2, 0.25) is 0 Å². The molecule has 1 aliphatic heterocycles. The maximum atomic E-state index is 12.8. The summed E-state index contributed by atoms with van der Waals surface area (Å²) in [6.45, 7) is 4.09. The van der Waals surface area contributed by atoms with Crippen molar-refractivity contribution in [2.75, 3.05) is 4.90 Å². The summed E-state index contributed by atoms with van der Waals surface area (Å²) in [6, 6.07) is 12.3. The van der Waals surface area contributed by atoms with Gasteiger partial charge < -0.3 is 5.11 Å². The number of hydrogen-bond acceptors (Lipinski definition) is 4. The summed E-state index contributed by atoms with van der Waals surface area (Å²) in [5, 5.41) is 11.5. The van der Waals surface area contributed by atoms with Crippen LogP contribution in [-0.4, -0.2) is 23.0 Å². The lowest BCUT2D eigenvalue weighted by atomic mass is 10.0. The highest BCUT2D eigenvalue weighted by molar-refractivity contribution is 6.39. The fourth-order valence-electron chi connectivity index (χ4n) is 2.64. The third kappa shape index (κ3) is 3.35. The molecule has 0 radical (unpaired) electrons. The van der Waals surface area contributed by atoms with Gasteiger partial charge in [-0.3, -0.25) is 14.9 Å². The molecule has 2 N–H and O–H groups in total. The summed E-state index contributed by atoms with van der Waals surface area (Å²) in [7, 11) is 0. The van der Waals surface area contributed by atoms with Gasteiger partial charge in [-0.1, -0.05) is 38.1 Å². The van der Waals surface area contributed by atoms with Gasteiger partial charge in [-0.25, -0.2) is 9.69 Å². The molecular weight excluding hydrogens is 332 g/mol. The van der Waals surface area contributed by atoms with Gasteiger partial charge in [-0.05, 0) is 47.4 Å². The standard InChI is InChI=1S/C20H18N2O4/c1-12(2)14-5-7-15(8-6-14)22-19(25)17(18(24)21-20(22)26)11-13-3-9-16(23)10-4-13/h3-12,23H,1-2H3,(H,21,24,26)/b17-11+. The van der Waals surface area contributed by atoms with E-state index in [-0.39, 0.29) is 11.3 Å². The van der Waals surface area contributed by atoms with Gasteiger partial charge in [0, 0.05) is 0 Å². The molecular formula is C20H18N2O4. The van der Waals surface area contributed by atoms with Crippen molar-refractivity contribution < 1.29 is 19.5 Å². The number of imide groups is 2. The van der Waals surface area contributed by atoms with Crippen LogP contribution in [0, 0.1) is 0 Å². The van der Waals surface area contributed by atoms with Gasteiger partial charge in [0.25, 0.3) is 11.8 Å². The second-order valence-electron chi connectivity index (χ2n) is 6.30. The first kappa shape index (κ1) is 17.4. The van der Waals surface area contributed by atoms with Crippen LogP contribution in [0.3, 0.4) is 0 Å². The minimum absolute atomic E-state index is 0.0774. The first-order valence-electron chi connectivity index (χ1n) is 8.17. The zero-order valence-electron chi connectivity index (χ0n) is 14.4. The number of nitrogens with one attached hydrogen (secondary N) is 1. The number of hydrogen-bond donors (Lipinski definition) is 2. The molecule has 0 saturated carbocycles. The third-order valence-corrected chi connectivity index (χ3v) is 4.12. The number of phenolic OH excluding ortho intramolecular Hbond substituents is 1. The number of rotatable bonds is 3. The van der Waals surface area contributed by atoms with Gasteiger partial charge in [0.05, 0.1) is 5.69 Å². The molecule has 6 nitrogen and oxygen atoms in total. The lowest BCUT2D eigenvalue weighted by molar-refractivity contribution is -0.122. The van der Waals surface area contributed by atoms with E-state index in [2.05, 4.69) is 5.32 Å². The first-order valence-corrected chi connectivity index (χ1v) is 8.17. The number of carbonyl (C=O) groups excluding carboxylic acids is 3. The van der Waals surface area contributed by atoms with Gasteiger partial charge >= 0.3 is 6.03 Å². The van der Waals surface area contributed by atoms with E-state index in [1.54, 1.807) is 24.3 Å². The highest BCUT2D eigenvalue weighted by atomic mass is 16.3. The molecule has 0 bridgehead atoms. The molecule has 4 amide bonds. The molecule has 1 heterocycles. The van der Waals surface area contributed by atoms with Crippen LogP contribution in [-0.2, 0) is 9.59 Å². The maximum absolute atomic E-state index is 12.8. The lowest BCUT2D eigenvalue weighted by Crippen LogP contribution is -2.54. The summed E-state index contributed by atoms with van der Waals surface area (Å²) >= 11 is 0. The number of phenols is 1. The molecule has 2 aromatic carbocycles. The van der Waals surface area contributed by atoms with E-state index < -0.39 is 17.8 Å². The molecule has 0 atom stereocenters. The Morgan fingerprint density at radius 2 is 1.58 bits per heavy atom. The number of nitrogens with zero attached hydrogens (tertiary/aromatic N) is 1. The molecule has 1 saturated heterocycles. The highest BCUT2D eigenvalue weighted by Gasteiger charge is 2.36. The minimum Gasteiger partial charge on any atom is -0.508 e. The van der Waals surface area contributed by atoms with Crippen LogP contribution < -0.4 is 10.2 Å². The Labute approximate surface area is 150 Å². The van der Waals surface area contributed by atoms with Gasteiger partial charge in [-0.2, -0.15) is 0 Å². The molecule has 6 heteroatoms. The van der Waals surface area contributed by atoms with Crippen molar-refractivity contribution in [3.8, 4) is 5.75 Å². The fourth-order valence-corrected chi connectivity index (χ4v) is 2.64. The van der Waals surface area contributed by atoms with Gasteiger partial charge in [0.15, 0.2) is 0 Å². The number of barbiturate groups is 1. The van der Waals surface area contributed by atoms with E-state index in [1.807, 2.05) is 26.0 Å². The number of anilines is 1. The van der Waals surface area contributed by atoms with E-state index in [1.165, 1.54) is 18.2 Å². The van der Waals surface area contributed by atoms with Crippen molar-refractivity contribution in [2.24, 2.45) is 0 Å². The van der Waals surface area contributed by atoms with Crippen molar-refractivity contribution in [2.45, 2.75) is 19.8 Å². The highest BCUT2D eigenvalue weighted by Crippen LogP contribution is 2.24. The Hall–Kier alpha value is -3.41. The van der Waals surface area contributed by atoms with Crippen molar-refractivity contribution in [1.29, 1.82) is 0 Å². The van der Waals surface area contributed by atoms with Crippen LogP contribution in [0.2, 0.25) is 0 Å².